The highest BCUT2D eigenvalue weighted by molar-refractivity contribution is 6.42. The fraction of sp³-hybridized carbons (Fsp3) is 0.130. The molecule has 2 aromatic carbocycles. The van der Waals surface area contributed by atoms with Crippen molar-refractivity contribution in [2.24, 2.45) is 5.73 Å². The van der Waals surface area contributed by atoms with E-state index in [-0.39, 0.29) is 0 Å². The number of primary amides is 1. The number of hydrogen-bond donors (Lipinski definition) is 2. The van der Waals surface area contributed by atoms with Gasteiger partial charge in [-0.1, -0.05) is 47.5 Å². The molecule has 0 saturated carbocycles. The van der Waals surface area contributed by atoms with Crippen molar-refractivity contribution >= 4 is 63.7 Å². The maximum Gasteiger partial charge on any atom is 0.339 e. The van der Waals surface area contributed by atoms with Gasteiger partial charge < -0.3 is 10.5 Å². The maximum absolute atomic E-state index is 13.0. The zero-order valence-electron chi connectivity index (χ0n) is 16.7. The second kappa shape index (κ2) is 8.98. The van der Waals surface area contributed by atoms with Gasteiger partial charge in [-0.3, -0.25) is 10.1 Å². The number of nitrogens with two attached hydrogens (primary N) is 1. The summed E-state index contributed by atoms with van der Waals surface area (Å²) in [5.41, 5.74) is 9.15. The standard InChI is InChI=1S/C23H17Cl2N3O4/c24-16-8-5-12(10-17(16)25)9-13-6-7-15-20(22(30)32-11-19(29)28-23(26)31)14-3-1-2-4-18(14)27-21(13)15/h1-5,8-10H,6-7,11H2,(H3,26,28,29,31)/b13-9-. The second-order valence-corrected chi connectivity index (χ2v) is 7.98. The Bertz CT molecular complexity index is 1300. The number of nitrogens with zero attached hydrogens (tertiary/aromatic N) is 1. The third kappa shape index (κ3) is 4.44. The maximum atomic E-state index is 13.0. The number of carbonyl (C=O) groups excluding carboxylic acids is 3. The first-order chi connectivity index (χ1) is 15.3. The Morgan fingerprint density at radius 1 is 1.09 bits per heavy atom. The number of halogens is 2. The van der Waals surface area contributed by atoms with Crippen molar-refractivity contribution in [2.45, 2.75) is 12.8 Å². The number of hydrogen-bond acceptors (Lipinski definition) is 5. The molecule has 1 aliphatic carbocycles. The van der Waals surface area contributed by atoms with Gasteiger partial charge in [0.25, 0.3) is 5.91 Å². The average Bonchev–Trinajstić information content (AvgIpc) is 3.14. The number of fused-ring (bicyclic) bond motifs is 2. The lowest BCUT2D eigenvalue weighted by Gasteiger charge is -2.12. The monoisotopic (exact) mass is 469 g/mol. The molecule has 1 aliphatic rings. The van der Waals surface area contributed by atoms with Crippen molar-refractivity contribution in [3.05, 3.63) is 74.9 Å². The highest BCUT2D eigenvalue weighted by atomic mass is 35.5. The van der Waals surface area contributed by atoms with E-state index in [0.29, 0.717) is 45.0 Å². The van der Waals surface area contributed by atoms with E-state index in [1.54, 1.807) is 30.3 Å². The lowest BCUT2D eigenvalue weighted by Crippen LogP contribution is -2.37. The van der Waals surface area contributed by atoms with Crippen LogP contribution in [0.1, 0.15) is 33.6 Å². The van der Waals surface area contributed by atoms with Gasteiger partial charge in [-0.25, -0.2) is 14.6 Å². The molecule has 3 amide bonds. The van der Waals surface area contributed by atoms with Crippen molar-refractivity contribution in [3.63, 3.8) is 0 Å². The summed E-state index contributed by atoms with van der Waals surface area (Å²) in [5.74, 6) is -1.48. The molecule has 9 heteroatoms. The lowest BCUT2D eigenvalue weighted by atomic mass is 10.0. The molecule has 7 nitrogen and oxygen atoms in total. The van der Waals surface area contributed by atoms with Gasteiger partial charge in [-0.2, -0.15) is 0 Å². The first kappa shape index (κ1) is 21.8. The molecular weight excluding hydrogens is 453 g/mol. The summed E-state index contributed by atoms with van der Waals surface area (Å²) >= 11 is 12.1. The SMILES string of the molecule is NC(=O)NC(=O)COC(=O)c1c2c(nc3ccccc13)/C(=C\c1ccc(Cl)c(Cl)c1)CC2. The third-order valence-corrected chi connectivity index (χ3v) is 5.77. The number of pyridine rings is 1. The van der Waals surface area contributed by atoms with Gasteiger partial charge in [-0.15, -0.1) is 0 Å². The molecule has 1 aromatic heterocycles. The first-order valence-electron chi connectivity index (χ1n) is 9.67. The van der Waals surface area contributed by atoms with Crippen LogP contribution in [0.2, 0.25) is 10.0 Å². The van der Waals surface area contributed by atoms with E-state index in [9.17, 15) is 14.4 Å². The first-order valence-corrected chi connectivity index (χ1v) is 10.4. The molecule has 0 atom stereocenters. The molecule has 3 aromatic rings. The largest absolute Gasteiger partial charge is 0.452 e. The molecule has 4 rings (SSSR count). The number of carbonyl (C=O) groups is 3. The Kier molecular flexibility index (Phi) is 6.12. The third-order valence-electron chi connectivity index (χ3n) is 5.03. The summed E-state index contributed by atoms with van der Waals surface area (Å²) in [6, 6.07) is 11.5. The van der Waals surface area contributed by atoms with Gasteiger partial charge in [0.15, 0.2) is 6.61 Å². The van der Waals surface area contributed by atoms with Crippen molar-refractivity contribution in [1.29, 1.82) is 0 Å². The predicted octanol–water partition coefficient (Wildman–Crippen LogP) is 4.38. The van der Waals surface area contributed by atoms with Crippen LogP contribution in [0.4, 0.5) is 4.79 Å². The van der Waals surface area contributed by atoms with Crippen LogP contribution in [0.5, 0.6) is 0 Å². The minimum absolute atomic E-state index is 0.356. The molecule has 3 N–H and O–H groups in total. The van der Waals surface area contributed by atoms with E-state index in [4.69, 9.17) is 38.7 Å². The number of benzene rings is 2. The number of allylic oxidation sites excluding steroid dienone is 1. The Labute approximate surface area is 193 Å². The zero-order valence-corrected chi connectivity index (χ0v) is 18.2. The summed E-state index contributed by atoms with van der Waals surface area (Å²) < 4.78 is 5.17. The summed E-state index contributed by atoms with van der Waals surface area (Å²) in [4.78, 5) is 40.2. The van der Waals surface area contributed by atoms with E-state index in [1.807, 2.05) is 23.5 Å². The highest BCUT2D eigenvalue weighted by Crippen LogP contribution is 2.38. The Morgan fingerprint density at radius 3 is 2.62 bits per heavy atom. The van der Waals surface area contributed by atoms with Gasteiger partial charge >= 0.3 is 12.0 Å². The average molecular weight is 470 g/mol. The van der Waals surface area contributed by atoms with Crippen LogP contribution in [0.25, 0.3) is 22.6 Å². The molecule has 0 radical (unpaired) electrons. The number of rotatable bonds is 4. The predicted molar refractivity (Wildman–Crippen MR) is 122 cm³/mol. The number of amides is 3. The summed E-state index contributed by atoms with van der Waals surface area (Å²) in [6.45, 7) is -0.626. The van der Waals surface area contributed by atoms with E-state index in [0.717, 1.165) is 16.7 Å². The molecule has 1 heterocycles. The van der Waals surface area contributed by atoms with E-state index >= 15 is 0 Å². The van der Waals surface area contributed by atoms with Crippen LogP contribution in [0.15, 0.2) is 42.5 Å². The summed E-state index contributed by atoms with van der Waals surface area (Å²) in [5, 5.41) is 3.41. The molecule has 0 unspecified atom stereocenters. The molecular formula is C23H17Cl2N3O4. The normalized spacial score (nSPS) is 13.8. The highest BCUT2D eigenvalue weighted by Gasteiger charge is 2.28. The van der Waals surface area contributed by atoms with Crippen molar-refractivity contribution in [3.8, 4) is 0 Å². The number of nitrogens with one attached hydrogen (secondary N) is 1. The number of urea groups is 1. The van der Waals surface area contributed by atoms with E-state index in [2.05, 4.69) is 0 Å². The van der Waals surface area contributed by atoms with Crippen LogP contribution in [-0.4, -0.2) is 29.5 Å². The quantitative estimate of drug-likeness (QED) is 0.550. The van der Waals surface area contributed by atoms with Crippen LogP contribution >= 0.6 is 23.2 Å². The summed E-state index contributed by atoms with van der Waals surface area (Å²) in [6.07, 6.45) is 3.21. The van der Waals surface area contributed by atoms with Gasteiger partial charge in [-0.05, 0) is 53.8 Å². The zero-order chi connectivity index (χ0) is 22.8. The van der Waals surface area contributed by atoms with Crippen molar-refractivity contribution < 1.29 is 19.1 Å². The van der Waals surface area contributed by atoms with Crippen molar-refractivity contribution in [2.75, 3.05) is 6.61 Å². The van der Waals surface area contributed by atoms with Gasteiger partial charge in [0.1, 0.15) is 0 Å². The van der Waals surface area contributed by atoms with E-state index in [1.165, 1.54) is 0 Å². The smallest absolute Gasteiger partial charge is 0.339 e. The summed E-state index contributed by atoms with van der Waals surface area (Å²) in [7, 11) is 0. The fourth-order valence-electron chi connectivity index (χ4n) is 3.69. The number of imide groups is 1. The molecule has 0 bridgehead atoms. The molecule has 32 heavy (non-hydrogen) atoms. The van der Waals surface area contributed by atoms with E-state index < -0.39 is 24.5 Å². The molecule has 0 fully saturated rings. The Hall–Kier alpha value is -3.42. The minimum Gasteiger partial charge on any atom is -0.452 e. The number of aromatic nitrogens is 1. The topological polar surface area (TPSA) is 111 Å². The number of esters is 1. The fourth-order valence-corrected chi connectivity index (χ4v) is 4.00. The molecule has 162 valence electrons. The van der Waals surface area contributed by atoms with Crippen LogP contribution in [0.3, 0.4) is 0 Å². The Balaban J connectivity index is 1.74. The van der Waals surface area contributed by atoms with Crippen molar-refractivity contribution in [1.82, 2.24) is 10.3 Å². The lowest BCUT2D eigenvalue weighted by molar-refractivity contribution is -0.123. The van der Waals surface area contributed by atoms with Gasteiger partial charge in [0, 0.05) is 5.39 Å². The minimum atomic E-state index is -1.02. The van der Waals surface area contributed by atoms with Gasteiger partial charge in [0.05, 0.1) is 26.8 Å². The number of ether oxygens (including phenoxy) is 1. The Morgan fingerprint density at radius 2 is 1.88 bits per heavy atom. The van der Waals surface area contributed by atoms with Crippen LogP contribution in [0, 0.1) is 0 Å². The second-order valence-electron chi connectivity index (χ2n) is 7.16. The molecule has 0 aliphatic heterocycles. The molecule has 0 spiro atoms. The van der Waals surface area contributed by atoms with Crippen LogP contribution in [-0.2, 0) is 16.0 Å². The van der Waals surface area contributed by atoms with Gasteiger partial charge in [0.2, 0.25) is 0 Å². The number of para-hydroxylation sites is 1. The molecule has 0 saturated heterocycles. The van der Waals surface area contributed by atoms with Crippen LogP contribution < -0.4 is 11.1 Å².